The molecule has 0 N–H and O–H groups in total. The molecule has 0 spiro atoms. The Morgan fingerprint density at radius 2 is 1.58 bits per heavy atom. The van der Waals surface area contributed by atoms with Crippen molar-refractivity contribution >= 4 is 42.4 Å². The number of fused-ring (bicyclic) bond motifs is 9. The lowest BCUT2D eigenvalue weighted by atomic mass is 9.80. The SMILES string of the molecule is CC1(C)c2cccnc2-c2ccc3sc4ccc5cccnc5c4c3c21. The van der Waals surface area contributed by atoms with Gasteiger partial charge in [0.1, 0.15) is 0 Å². The first kappa shape index (κ1) is 14.4. The summed E-state index contributed by atoms with van der Waals surface area (Å²) in [5, 5.41) is 3.85. The van der Waals surface area contributed by atoms with Gasteiger partial charge in [-0.1, -0.05) is 38.1 Å². The summed E-state index contributed by atoms with van der Waals surface area (Å²) >= 11 is 1.86. The van der Waals surface area contributed by atoms with E-state index in [1.165, 1.54) is 42.2 Å². The van der Waals surface area contributed by atoms with Crippen LogP contribution in [0, 0.1) is 0 Å². The van der Waals surface area contributed by atoms with Crippen molar-refractivity contribution in [2.75, 3.05) is 0 Å². The molecule has 0 bridgehead atoms. The zero-order valence-corrected chi connectivity index (χ0v) is 15.4. The van der Waals surface area contributed by atoms with Crippen molar-refractivity contribution < 1.29 is 0 Å². The predicted molar refractivity (Wildman–Crippen MR) is 110 cm³/mol. The van der Waals surface area contributed by atoms with Gasteiger partial charge in [-0.25, -0.2) is 0 Å². The summed E-state index contributed by atoms with van der Waals surface area (Å²) in [5.41, 5.74) is 6.14. The summed E-state index contributed by atoms with van der Waals surface area (Å²) in [7, 11) is 0. The van der Waals surface area contributed by atoms with E-state index in [1.807, 2.05) is 35.9 Å². The van der Waals surface area contributed by atoms with E-state index in [-0.39, 0.29) is 5.41 Å². The molecule has 0 saturated carbocycles. The molecule has 3 heteroatoms. The van der Waals surface area contributed by atoms with Gasteiger partial charge in [0.2, 0.25) is 0 Å². The van der Waals surface area contributed by atoms with Crippen LogP contribution in [-0.4, -0.2) is 9.97 Å². The first-order chi connectivity index (χ1) is 12.7. The van der Waals surface area contributed by atoms with Gasteiger partial charge in [-0.2, -0.15) is 0 Å². The normalized spacial score (nSPS) is 14.8. The summed E-state index contributed by atoms with van der Waals surface area (Å²) in [4.78, 5) is 9.46. The molecule has 5 aromatic rings. The Bertz CT molecular complexity index is 1360. The van der Waals surface area contributed by atoms with Crippen molar-refractivity contribution in [3.8, 4) is 11.3 Å². The number of nitrogens with zero attached hydrogens (tertiary/aromatic N) is 2. The van der Waals surface area contributed by atoms with Gasteiger partial charge in [0.25, 0.3) is 0 Å². The van der Waals surface area contributed by atoms with Gasteiger partial charge in [-0.15, -0.1) is 11.3 Å². The van der Waals surface area contributed by atoms with Crippen molar-refractivity contribution in [3.05, 3.63) is 72.1 Å². The van der Waals surface area contributed by atoms with E-state index in [4.69, 9.17) is 9.97 Å². The Labute approximate surface area is 155 Å². The molecular weight excluding hydrogens is 336 g/mol. The molecule has 0 unspecified atom stereocenters. The number of aromatic nitrogens is 2. The number of benzene rings is 2. The lowest BCUT2D eigenvalue weighted by Gasteiger charge is -2.22. The van der Waals surface area contributed by atoms with Crippen LogP contribution in [0.5, 0.6) is 0 Å². The van der Waals surface area contributed by atoms with Crippen LogP contribution in [0.1, 0.15) is 25.0 Å². The number of pyridine rings is 2. The molecule has 3 aromatic heterocycles. The third kappa shape index (κ3) is 1.62. The highest BCUT2D eigenvalue weighted by molar-refractivity contribution is 7.26. The Hall–Kier alpha value is -2.78. The maximum Gasteiger partial charge on any atom is 0.0795 e. The molecule has 2 aromatic carbocycles. The van der Waals surface area contributed by atoms with Crippen molar-refractivity contribution in [2.45, 2.75) is 19.3 Å². The molecule has 26 heavy (non-hydrogen) atoms. The van der Waals surface area contributed by atoms with Gasteiger partial charge in [0.15, 0.2) is 0 Å². The van der Waals surface area contributed by atoms with Gasteiger partial charge >= 0.3 is 0 Å². The molecule has 6 rings (SSSR count). The summed E-state index contributed by atoms with van der Waals surface area (Å²) in [6.45, 7) is 4.64. The average Bonchev–Trinajstić information content (AvgIpc) is 3.15. The van der Waals surface area contributed by atoms with E-state index in [1.54, 1.807) is 0 Å². The fraction of sp³-hybridized carbons (Fsp3) is 0.130. The molecule has 1 aliphatic rings. The third-order valence-corrected chi connectivity index (χ3v) is 6.85. The summed E-state index contributed by atoms with van der Waals surface area (Å²) in [6.07, 6.45) is 3.80. The van der Waals surface area contributed by atoms with Gasteiger partial charge in [-0.05, 0) is 35.4 Å². The molecule has 0 radical (unpaired) electrons. The van der Waals surface area contributed by atoms with E-state index in [0.717, 1.165) is 11.2 Å². The van der Waals surface area contributed by atoms with Crippen molar-refractivity contribution in [1.82, 2.24) is 9.97 Å². The van der Waals surface area contributed by atoms with Crippen molar-refractivity contribution in [3.63, 3.8) is 0 Å². The van der Waals surface area contributed by atoms with Crippen LogP contribution in [0.4, 0.5) is 0 Å². The average molecular weight is 352 g/mol. The maximum atomic E-state index is 4.75. The lowest BCUT2D eigenvalue weighted by molar-refractivity contribution is 0.665. The third-order valence-electron chi connectivity index (χ3n) is 5.73. The van der Waals surface area contributed by atoms with E-state index >= 15 is 0 Å². The van der Waals surface area contributed by atoms with Crippen LogP contribution in [-0.2, 0) is 5.41 Å². The van der Waals surface area contributed by atoms with Crippen LogP contribution in [0.3, 0.4) is 0 Å². The Morgan fingerprint density at radius 3 is 2.50 bits per heavy atom. The fourth-order valence-corrected chi connectivity index (χ4v) is 5.71. The molecule has 2 nitrogen and oxygen atoms in total. The molecule has 124 valence electrons. The van der Waals surface area contributed by atoms with Gasteiger partial charge in [0, 0.05) is 48.9 Å². The lowest BCUT2D eigenvalue weighted by Crippen LogP contribution is -2.15. The van der Waals surface area contributed by atoms with Gasteiger partial charge in [0.05, 0.1) is 11.2 Å². The molecule has 1 aliphatic carbocycles. The smallest absolute Gasteiger partial charge is 0.0795 e. The number of hydrogen-bond acceptors (Lipinski definition) is 3. The van der Waals surface area contributed by atoms with Gasteiger partial charge < -0.3 is 0 Å². The zero-order valence-electron chi connectivity index (χ0n) is 14.6. The summed E-state index contributed by atoms with van der Waals surface area (Å²) < 4.78 is 2.64. The second kappa shape index (κ2) is 4.68. The second-order valence-electron chi connectivity index (χ2n) is 7.50. The molecular formula is C23H16N2S. The summed E-state index contributed by atoms with van der Waals surface area (Å²) in [5.74, 6) is 0. The highest BCUT2D eigenvalue weighted by Gasteiger charge is 2.38. The molecule has 0 amide bonds. The van der Waals surface area contributed by atoms with Crippen molar-refractivity contribution in [2.24, 2.45) is 0 Å². The fourth-order valence-electron chi connectivity index (χ4n) is 4.59. The minimum atomic E-state index is -0.0661. The Balaban J connectivity index is 1.89. The molecule has 3 heterocycles. The first-order valence-electron chi connectivity index (χ1n) is 8.85. The highest BCUT2D eigenvalue weighted by Crippen LogP contribution is 2.53. The molecule has 0 fully saturated rings. The standard InChI is InChI=1S/C23H16N2S/c1-23(2)15-6-4-12-25-22(15)14-8-10-16-18(20(14)23)19-17(26-16)9-7-13-5-3-11-24-21(13)19/h3-12H,1-2H3. The van der Waals surface area contributed by atoms with Crippen LogP contribution in [0.25, 0.3) is 42.3 Å². The van der Waals surface area contributed by atoms with Gasteiger partial charge in [-0.3, -0.25) is 9.97 Å². The van der Waals surface area contributed by atoms with E-state index in [0.29, 0.717) is 0 Å². The number of hydrogen-bond donors (Lipinski definition) is 0. The molecule has 0 saturated heterocycles. The largest absolute Gasteiger partial charge is 0.256 e. The summed E-state index contributed by atoms with van der Waals surface area (Å²) in [6, 6.07) is 17.4. The quantitative estimate of drug-likeness (QED) is 0.327. The number of thiophene rings is 1. The van der Waals surface area contributed by atoms with Crippen LogP contribution in [0.15, 0.2) is 60.9 Å². The van der Waals surface area contributed by atoms with Crippen LogP contribution < -0.4 is 0 Å². The molecule has 0 aliphatic heterocycles. The minimum Gasteiger partial charge on any atom is -0.256 e. The van der Waals surface area contributed by atoms with E-state index in [2.05, 4.69) is 50.2 Å². The Kier molecular flexibility index (Phi) is 2.59. The second-order valence-corrected chi connectivity index (χ2v) is 8.59. The Morgan fingerprint density at radius 1 is 0.808 bits per heavy atom. The van der Waals surface area contributed by atoms with E-state index in [9.17, 15) is 0 Å². The number of rotatable bonds is 0. The highest BCUT2D eigenvalue weighted by atomic mass is 32.1. The first-order valence-corrected chi connectivity index (χ1v) is 9.67. The topological polar surface area (TPSA) is 25.8 Å². The predicted octanol–water partition coefficient (Wildman–Crippen LogP) is 6.30. The van der Waals surface area contributed by atoms with Crippen LogP contribution >= 0.6 is 11.3 Å². The molecule has 0 atom stereocenters. The van der Waals surface area contributed by atoms with Crippen LogP contribution in [0.2, 0.25) is 0 Å². The maximum absolute atomic E-state index is 4.75. The monoisotopic (exact) mass is 352 g/mol. The zero-order chi connectivity index (χ0) is 17.5. The van der Waals surface area contributed by atoms with E-state index < -0.39 is 0 Å². The van der Waals surface area contributed by atoms with Crippen molar-refractivity contribution in [1.29, 1.82) is 0 Å². The minimum absolute atomic E-state index is 0.0661.